The fourth-order valence-corrected chi connectivity index (χ4v) is 5.27. The number of aliphatic hydroxyl groups is 1. The molecule has 0 spiro atoms. The summed E-state index contributed by atoms with van der Waals surface area (Å²) in [7, 11) is 0. The molecule has 3 aliphatic rings. The van der Waals surface area contributed by atoms with E-state index in [0.29, 0.717) is 19.4 Å². The summed E-state index contributed by atoms with van der Waals surface area (Å²) in [6.07, 6.45) is 7.66. The SMILES string of the molecule is CC1=CC(=O)C[C@H]2[C@](C)(CCC3=CCOC3=O)[C@H](CO)CC[C@]12C. The maximum atomic E-state index is 12.2. The summed E-state index contributed by atoms with van der Waals surface area (Å²) in [6.45, 7) is 7.06. The number of hydrogen-bond acceptors (Lipinski definition) is 4. The molecule has 0 saturated heterocycles. The van der Waals surface area contributed by atoms with Crippen LogP contribution >= 0.6 is 0 Å². The number of carbonyl (C=O) groups is 2. The molecule has 1 aliphatic heterocycles. The standard InChI is InChI=1S/C20H28O4/c1-13-10-16(22)11-17-19(13,2)8-5-15(12-21)20(17,3)7-4-14-6-9-24-18(14)23/h6,10,15,17,21H,4-5,7-9,11-12H2,1-3H3/t15-,17+,19+,20+/m0/s1. The van der Waals surface area contributed by atoms with Crippen LogP contribution in [-0.2, 0) is 14.3 Å². The maximum absolute atomic E-state index is 12.2. The van der Waals surface area contributed by atoms with Gasteiger partial charge in [0, 0.05) is 18.6 Å². The van der Waals surface area contributed by atoms with Crippen molar-refractivity contribution in [3.63, 3.8) is 0 Å². The number of cyclic esters (lactones) is 1. The first-order chi connectivity index (χ1) is 11.3. The van der Waals surface area contributed by atoms with E-state index in [0.717, 1.165) is 24.8 Å². The molecule has 4 heteroatoms. The van der Waals surface area contributed by atoms with Crippen molar-refractivity contribution in [2.45, 2.75) is 52.9 Å². The van der Waals surface area contributed by atoms with Gasteiger partial charge < -0.3 is 9.84 Å². The summed E-state index contributed by atoms with van der Waals surface area (Å²) >= 11 is 0. The smallest absolute Gasteiger partial charge is 0.334 e. The summed E-state index contributed by atoms with van der Waals surface area (Å²) < 4.78 is 5.01. The van der Waals surface area contributed by atoms with E-state index >= 15 is 0 Å². The van der Waals surface area contributed by atoms with E-state index in [4.69, 9.17) is 4.74 Å². The Morgan fingerprint density at radius 1 is 1.33 bits per heavy atom. The quantitative estimate of drug-likeness (QED) is 0.803. The molecule has 0 radical (unpaired) electrons. The van der Waals surface area contributed by atoms with Gasteiger partial charge in [-0.1, -0.05) is 19.4 Å². The highest BCUT2D eigenvalue weighted by molar-refractivity contribution is 5.92. The summed E-state index contributed by atoms with van der Waals surface area (Å²) in [5.41, 5.74) is 1.77. The van der Waals surface area contributed by atoms with E-state index in [1.54, 1.807) is 0 Å². The largest absolute Gasteiger partial charge is 0.458 e. The van der Waals surface area contributed by atoms with Crippen LogP contribution in [-0.4, -0.2) is 30.1 Å². The fraction of sp³-hybridized carbons (Fsp3) is 0.700. The second kappa shape index (κ2) is 6.14. The van der Waals surface area contributed by atoms with Crippen molar-refractivity contribution in [1.82, 2.24) is 0 Å². The predicted octanol–water partition coefficient (Wildman–Crippen LogP) is 3.20. The number of hydrogen-bond donors (Lipinski definition) is 1. The van der Waals surface area contributed by atoms with Gasteiger partial charge in [0.05, 0.1) is 0 Å². The van der Waals surface area contributed by atoms with Gasteiger partial charge in [-0.05, 0) is 67.4 Å². The van der Waals surface area contributed by atoms with E-state index in [2.05, 4.69) is 20.8 Å². The van der Waals surface area contributed by atoms with E-state index in [1.165, 1.54) is 5.57 Å². The summed E-state index contributed by atoms with van der Waals surface area (Å²) in [4.78, 5) is 24.0. The second-order valence-electron chi connectivity index (χ2n) is 8.22. The molecule has 0 aromatic rings. The van der Waals surface area contributed by atoms with Crippen LogP contribution in [0.15, 0.2) is 23.3 Å². The molecule has 0 aromatic heterocycles. The number of aliphatic hydroxyl groups excluding tert-OH is 1. The first-order valence-electron chi connectivity index (χ1n) is 9.00. The third-order valence-corrected chi connectivity index (χ3v) is 7.15. The summed E-state index contributed by atoms with van der Waals surface area (Å²) in [5.74, 6) is 0.367. The molecule has 1 heterocycles. The lowest BCUT2D eigenvalue weighted by atomic mass is 9.46. The minimum atomic E-state index is -0.214. The van der Waals surface area contributed by atoms with Crippen molar-refractivity contribution < 1.29 is 19.4 Å². The van der Waals surface area contributed by atoms with Crippen LogP contribution in [0, 0.1) is 22.7 Å². The average molecular weight is 332 g/mol. The van der Waals surface area contributed by atoms with Gasteiger partial charge >= 0.3 is 5.97 Å². The van der Waals surface area contributed by atoms with Crippen LogP contribution < -0.4 is 0 Å². The second-order valence-corrected chi connectivity index (χ2v) is 8.22. The van der Waals surface area contributed by atoms with Crippen molar-refractivity contribution in [1.29, 1.82) is 0 Å². The number of rotatable bonds is 4. The normalized spacial score (nSPS) is 39.2. The molecule has 132 valence electrons. The zero-order chi connectivity index (χ0) is 17.5. The molecule has 2 aliphatic carbocycles. The molecule has 1 saturated carbocycles. The Morgan fingerprint density at radius 3 is 2.71 bits per heavy atom. The zero-order valence-corrected chi connectivity index (χ0v) is 14.9. The lowest BCUT2D eigenvalue weighted by Gasteiger charge is -2.58. The topological polar surface area (TPSA) is 63.6 Å². The number of ether oxygens (including phenoxy) is 1. The third kappa shape index (κ3) is 2.65. The van der Waals surface area contributed by atoms with Gasteiger partial charge in [0.1, 0.15) is 6.61 Å². The van der Waals surface area contributed by atoms with Crippen molar-refractivity contribution in [2.24, 2.45) is 22.7 Å². The molecule has 0 unspecified atom stereocenters. The summed E-state index contributed by atoms with van der Waals surface area (Å²) in [6, 6.07) is 0. The highest BCUT2D eigenvalue weighted by Crippen LogP contribution is 2.61. The highest BCUT2D eigenvalue weighted by Gasteiger charge is 2.55. The molecule has 3 rings (SSSR count). The van der Waals surface area contributed by atoms with Gasteiger partial charge in [-0.3, -0.25) is 4.79 Å². The van der Waals surface area contributed by atoms with Crippen molar-refractivity contribution in [2.75, 3.05) is 13.2 Å². The lowest BCUT2D eigenvalue weighted by Crippen LogP contribution is -2.52. The van der Waals surface area contributed by atoms with Crippen LogP contribution in [0.1, 0.15) is 52.9 Å². The first kappa shape index (κ1) is 17.4. The van der Waals surface area contributed by atoms with Crippen LogP contribution in [0.2, 0.25) is 0 Å². The molecule has 4 nitrogen and oxygen atoms in total. The van der Waals surface area contributed by atoms with Gasteiger partial charge in [0.15, 0.2) is 5.78 Å². The average Bonchev–Trinajstić information content (AvgIpc) is 2.94. The van der Waals surface area contributed by atoms with Crippen molar-refractivity contribution in [3.05, 3.63) is 23.3 Å². The van der Waals surface area contributed by atoms with E-state index in [9.17, 15) is 14.7 Å². The Balaban J connectivity index is 1.90. The van der Waals surface area contributed by atoms with Gasteiger partial charge in [-0.2, -0.15) is 0 Å². The highest BCUT2D eigenvalue weighted by atomic mass is 16.5. The Hall–Kier alpha value is -1.42. The molecule has 4 atom stereocenters. The predicted molar refractivity (Wildman–Crippen MR) is 91.2 cm³/mol. The number of allylic oxidation sites excluding steroid dienone is 2. The third-order valence-electron chi connectivity index (χ3n) is 7.15. The molecular formula is C20H28O4. The lowest BCUT2D eigenvalue weighted by molar-refractivity contribution is -0.136. The molecule has 1 N–H and O–H groups in total. The van der Waals surface area contributed by atoms with E-state index < -0.39 is 0 Å². The molecule has 0 bridgehead atoms. The Kier molecular flexibility index (Phi) is 4.45. The number of ketones is 1. The van der Waals surface area contributed by atoms with Gasteiger partial charge in [0.2, 0.25) is 0 Å². The van der Waals surface area contributed by atoms with Crippen molar-refractivity contribution in [3.8, 4) is 0 Å². The molecule has 0 amide bonds. The van der Waals surface area contributed by atoms with E-state index in [1.807, 2.05) is 12.2 Å². The van der Waals surface area contributed by atoms with Gasteiger partial charge in [-0.25, -0.2) is 4.79 Å². The Labute approximate surface area is 144 Å². The van der Waals surface area contributed by atoms with Crippen LogP contribution in [0.3, 0.4) is 0 Å². The minimum absolute atomic E-state index is 0.0128. The molecule has 0 aromatic carbocycles. The van der Waals surface area contributed by atoms with Crippen molar-refractivity contribution >= 4 is 11.8 Å². The Morgan fingerprint density at radius 2 is 2.08 bits per heavy atom. The molecule has 1 fully saturated rings. The monoisotopic (exact) mass is 332 g/mol. The number of carbonyl (C=O) groups excluding carboxylic acids is 2. The van der Waals surface area contributed by atoms with Gasteiger partial charge in [-0.15, -0.1) is 0 Å². The molecular weight excluding hydrogens is 304 g/mol. The Bertz CT molecular complexity index is 617. The summed E-state index contributed by atoms with van der Waals surface area (Å²) in [5, 5.41) is 9.97. The van der Waals surface area contributed by atoms with Crippen LogP contribution in [0.5, 0.6) is 0 Å². The number of esters is 1. The first-order valence-corrected chi connectivity index (χ1v) is 9.00. The van der Waals surface area contributed by atoms with Gasteiger partial charge in [0.25, 0.3) is 0 Å². The molecule has 24 heavy (non-hydrogen) atoms. The fourth-order valence-electron chi connectivity index (χ4n) is 5.27. The zero-order valence-electron chi connectivity index (χ0n) is 14.9. The van der Waals surface area contributed by atoms with E-state index in [-0.39, 0.29) is 41.0 Å². The maximum Gasteiger partial charge on any atom is 0.334 e. The van der Waals surface area contributed by atoms with Crippen LogP contribution in [0.25, 0.3) is 0 Å². The minimum Gasteiger partial charge on any atom is -0.458 e. The number of fused-ring (bicyclic) bond motifs is 1. The van der Waals surface area contributed by atoms with Crippen LogP contribution in [0.4, 0.5) is 0 Å².